The predicted octanol–water partition coefficient (Wildman–Crippen LogP) is 1.59. The monoisotopic (exact) mass is 231 g/mol. The first-order valence-electron chi connectivity index (χ1n) is 6.03. The van der Waals surface area contributed by atoms with Gasteiger partial charge in [-0.15, -0.1) is 0 Å². The summed E-state index contributed by atoms with van der Waals surface area (Å²) in [6.45, 7) is 7.92. The second-order valence-corrected chi connectivity index (χ2v) is 4.18. The van der Waals surface area contributed by atoms with Gasteiger partial charge >= 0.3 is 5.97 Å². The Bertz CT molecular complexity index is 183. The van der Waals surface area contributed by atoms with E-state index in [1.807, 2.05) is 6.92 Å². The van der Waals surface area contributed by atoms with Crippen molar-refractivity contribution >= 4 is 5.97 Å². The highest BCUT2D eigenvalue weighted by Crippen LogP contribution is 2.01. The Morgan fingerprint density at radius 3 is 2.38 bits per heavy atom. The molecule has 96 valence electrons. The molecule has 16 heavy (non-hydrogen) atoms. The summed E-state index contributed by atoms with van der Waals surface area (Å²) in [5, 5.41) is 2.93. The van der Waals surface area contributed by atoms with Crippen molar-refractivity contribution in [1.82, 2.24) is 5.32 Å². The van der Waals surface area contributed by atoms with Crippen molar-refractivity contribution < 1.29 is 14.3 Å². The molecule has 0 rings (SSSR count). The van der Waals surface area contributed by atoms with Crippen LogP contribution in [0.1, 0.15) is 33.6 Å². The summed E-state index contributed by atoms with van der Waals surface area (Å²) in [4.78, 5) is 11.4. The number of nitrogens with one attached hydrogen (secondary N) is 1. The number of ether oxygens (including phenoxy) is 2. The maximum atomic E-state index is 11.4. The number of carbonyl (C=O) groups excluding carboxylic acids is 1. The zero-order valence-electron chi connectivity index (χ0n) is 10.9. The molecule has 0 saturated carbocycles. The minimum Gasteiger partial charge on any atom is -0.465 e. The molecule has 0 aromatic heterocycles. The second kappa shape index (κ2) is 9.60. The van der Waals surface area contributed by atoms with Gasteiger partial charge in [0.25, 0.3) is 0 Å². The normalized spacial score (nSPS) is 12.8. The van der Waals surface area contributed by atoms with Crippen LogP contribution in [-0.4, -0.2) is 38.9 Å². The van der Waals surface area contributed by atoms with Gasteiger partial charge < -0.3 is 14.8 Å². The van der Waals surface area contributed by atoms with Crippen LogP contribution in [-0.2, 0) is 14.3 Å². The van der Waals surface area contributed by atoms with E-state index in [-0.39, 0.29) is 12.0 Å². The summed E-state index contributed by atoms with van der Waals surface area (Å²) in [6, 6.07) is -0.251. The molecule has 0 aliphatic carbocycles. The zero-order chi connectivity index (χ0) is 12.4. The minimum atomic E-state index is -0.251. The summed E-state index contributed by atoms with van der Waals surface area (Å²) in [6.07, 6.45) is 1.72. The van der Waals surface area contributed by atoms with Crippen molar-refractivity contribution in [1.29, 1.82) is 0 Å². The summed E-state index contributed by atoms with van der Waals surface area (Å²) < 4.78 is 10.4. The lowest BCUT2D eigenvalue weighted by molar-refractivity contribution is -0.146. The molecular weight excluding hydrogens is 206 g/mol. The highest BCUT2D eigenvalue weighted by atomic mass is 16.5. The molecule has 1 N–H and O–H groups in total. The molecule has 0 fully saturated rings. The molecule has 0 aromatic carbocycles. The van der Waals surface area contributed by atoms with Gasteiger partial charge in [0.2, 0.25) is 0 Å². The molecule has 0 heterocycles. The van der Waals surface area contributed by atoms with E-state index in [1.54, 1.807) is 7.05 Å². The van der Waals surface area contributed by atoms with Crippen molar-refractivity contribution in [2.75, 3.05) is 26.9 Å². The van der Waals surface area contributed by atoms with Gasteiger partial charge in [0.05, 0.1) is 6.61 Å². The summed E-state index contributed by atoms with van der Waals surface area (Å²) in [5.74, 6) is 0.461. The molecule has 4 heteroatoms. The summed E-state index contributed by atoms with van der Waals surface area (Å²) in [5.41, 5.74) is 0. The van der Waals surface area contributed by atoms with Gasteiger partial charge in [0, 0.05) is 13.2 Å². The molecule has 0 saturated heterocycles. The first kappa shape index (κ1) is 15.4. The second-order valence-electron chi connectivity index (χ2n) is 4.18. The minimum absolute atomic E-state index is 0.197. The quantitative estimate of drug-likeness (QED) is 0.483. The van der Waals surface area contributed by atoms with E-state index < -0.39 is 0 Å². The number of esters is 1. The van der Waals surface area contributed by atoms with Gasteiger partial charge in [-0.05, 0) is 32.7 Å². The highest BCUT2D eigenvalue weighted by molar-refractivity contribution is 5.75. The van der Waals surface area contributed by atoms with Crippen molar-refractivity contribution in [3.63, 3.8) is 0 Å². The molecule has 1 atom stereocenters. The van der Waals surface area contributed by atoms with Crippen molar-refractivity contribution in [3.05, 3.63) is 0 Å². The standard InChI is InChI=1S/C12H25NO3/c1-5-16-12(14)11(13-4)7-9-15-8-6-10(2)3/h10-11,13H,5-9H2,1-4H3. The molecule has 0 spiro atoms. The molecular formula is C12H25NO3. The van der Waals surface area contributed by atoms with Gasteiger partial charge in [-0.25, -0.2) is 0 Å². The van der Waals surface area contributed by atoms with Gasteiger partial charge in [-0.2, -0.15) is 0 Å². The van der Waals surface area contributed by atoms with Crippen LogP contribution < -0.4 is 5.32 Å². The maximum Gasteiger partial charge on any atom is 0.323 e. The van der Waals surface area contributed by atoms with Crippen LogP contribution >= 0.6 is 0 Å². The molecule has 0 aliphatic rings. The molecule has 4 nitrogen and oxygen atoms in total. The van der Waals surface area contributed by atoms with Crippen molar-refractivity contribution in [2.45, 2.75) is 39.7 Å². The van der Waals surface area contributed by atoms with E-state index in [4.69, 9.17) is 9.47 Å². The van der Waals surface area contributed by atoms with E-state index >= 15 is 0 Å². The van der Waals surface area contributed by atoms with Crippen LogP contribution in [0, 0.1) is 5.92 Å². The largest absolute Gasteiger partial charge is 0.465 e. The molecule has 0 amide bonds. The maximum absolute atomic E-state index is 11.4. The van der Waals surface area contributed by atoms with Crippen molar-refractivity contribution in [3.8, 4) is 0 Å². The molecule has 1 unspecified atom stereocenters. The van der Waals surface area contributed by atoms with Crippen LogP contribution in [0.3, 0.4) is 0 Å². The fourth-order valence-corrected chi connectivity index (χ4v) is 1.25. The highest BCUT2D eigenvalue weighted by Gasteiger charge is 2.16. The van der Waals surface area contributed by atoms with Crippen LogP contribution in [0.2, 0.25) is 0 Å². The van der Waals surface area contributed by atoms with E-state index in [1.165, 1.54) is 0 Å². The smallest absolute Gasteiger partial charge is 0.323 e. The fraction of sp³-hybridized carbons (Fsp3) is 0.917. The first-order chi connectivity index (χ1) is 7.61. The van der Waals surface area contributed by atoms with E-state index in [0.717, 1.165) is 13.0 Å². The Hall–Kier alpha value is -0.610. The molecule has 0 radical (unpaired) electrons. The third kappa shape index (κ3) is 7.65. The van der Waals surface area contributed by atoms with Gasteiger partial charge in [-0.3, -0.25) is 4.79 Å². The Labute approximate surface area is 98.7 Å². The number of hydrogen-bond acceptors (Lipinski definition) is 4. The zero-order valence-corrected chi connectivity index (χ0v) is 10.9. The van der Waals surface area contributed by atoms with Gasteiger partial charge in [-0.1, -0.05) is 13.8 Å². The van der Waals surface area contributed by atoms with E-state index in [9.17, 15) is 4.79 Å². The van der Waals surface area contributed by atoms with E-state index in [2.05, 4.69) is 19.2 Å². The van der Waals surface area contributed by atoms with E-state index in [0.29, 0.717) is 25.6 Å². The van der Waals surface area contributed by atoms with Crippen LogP contribution in [0.4, 0.5) is 0 Å². The Balaban J connectivity index is 3.59. The number of likely N-dealkylation sites (N-methyl/N-ethyl adjacent to an activating group) is 1. The Morgan fingerprint density at radius 2 is 1.88 bits per heavy atom. The van der Waals surface area contributed by atoms with Crippen molar-refractivity contribution in [2.24, 2.45) is 5.92 Å². The molecule has 0 aliphatic heterocycles. The van der Waals surface area contributed by atoms with Gasteiger partial charge in [0.1, 0.15) is 6.04 Å². The third-order valence-electron chi connectivity index (χ3n) is 2.31. The predicted molar refractivity (Wildman–Crippen MR) is 64.4 cm³/mol. The summed E-state index contributed by atoms with van der Waals surface area (Å²) in [7, 11) is 1.76. The number of carbonyl (C=O) groups is 1. The third-order valence-corrected chi connectivity index (χ3v) is 2.31. The summed E-state index contributed by atoms with van der Waals surface area (Å²) >= 11 is 0. The lowest BCUT2D eigenvalue weighted by Crippen LogP contribution is -2.36. The molecule has 0 bridgehead atoms. The topological polar surface area (TPSA) is 47.6 Å². The fourth-order valence-electron chi connectivity index (χ4n) is 1.25. The SMILES string of the molecule is CCOC(=O)C(CCOCCC(C)C)NC. The molecule has 0 aromatic rings. The number of rotatable bonds is 9. The Morgan fingerprint density at radius 1 is 1.25 bits per heavy atom. The number of hydrogen-bond donors (Lipinski definition) is 1. The first-order valence-corrected chi connectivity index (χ1v) is 6.03. The Kier molecular flexibility index (Phi) is 9.24. The lowest BCUT2D eigenvalue weighted by atomic mass is 10.1. The average molecular weight is 231 g/mol. The van der Waals surface area contributed by atoms with Crippen LogP contribution in [0.25, 0.3) is 0 Å². The average Bonchev–Trinajstić information content (AvgIpc) is 2.23. The lowest BCUT2D eigenvalue weighted by Gasteiger charge is -2.14. The van der Waals surface area contributed by atoms with Crippen LogP contribution in [0.5, 0.6) is 0 Å². The van der Waals surface area contributed by atoms with Crippen LogP contribution in [0.15, 0.2) is 0 Å². The van der Waals surface area contributed by atoms with Gasteiger partial charge in [0.15, 0.2) is 0 Å².